The van der Waals surface area contributed by atoms with Gasteiger partial charge in [0, 0.05) is 10.9 Å². The first kappa shape index (κ1) is 21.8. The Morgan fingerprint density at radius 1 is 1.16 bits per heavy atom. The van der Waals surface area contributed by atoms with Crippen molar-refractivity contribution in [2.45, 2.75) is 54.9 Å². The highest BCUT2D eigenvalue weighted by Gasteiger charge is 2.33. The van der Waals surface area contributed by atoms with Crippen molar-refractivity contribution in [1.82, 2.24) is 9.55 Å². The van der Waals surface area contributed by atoms with Crippen molar-refractivity contribution < 1.29 is 13.5 Å². The number of aryl methyl sites for hydroxylation is 2. The zero-order valence-electron chi connectivity index (χ0n) is 17.1. The number of sulfone groups is 1. The lowest BCUT2D eigenvalue weighted by Crippen LogP contribution is -2.33. The van der Waals surface area contributed by atoms with Gasteiger partial charge in [0.15, 0.2) is 4.90 Å². The van der Waals surface area contributed by atoms with Crippen LogP contribution in [0, 0.1) is 0 Å². The molecule has 31 heavy (non-hydrogen) atoms. The van der Waals surface area contributed by atoms with E-state index in [2.05, 4.69) is 20.9 Å². The topological polar surface area (TPSA) is 89.3 Å². The first-order valence-corrected chi connectivity index (χ1v) is 12.5. The minimum atomic E-state index is -4.25. The molecule has 162 valence electrons. The number of aromatic nitrogens is 2. The highest BCUT2D eigenvalue weighted by atomic mass is 79.9. The molecule has 3 aromatic rings. The first-order valence-electron chi connectivity index (χ1n) is 10.3. The van der Waals surface area contributed by atoms with Crippen molar-refractivity contribution in [3.63, 3.8) is 0 Å². The van der Waals surface area contributed by atoms with E-state index in [4.69, 9.17) is 0 Å². The van der Waals surface area contributed by atoms with Crippen molar-refractivity contribution in [1.29, 1.82) is 0 Å². The summed E-state index contributed by atoms with van der Waals surface area (Å²) >= 11 is 3.28. The molecule has 0 saturated heterocycles. The SMILES string of the molecule is CCCCc1nc(O)c(S(=O)(=O)c2ccc(Br)cc2)c(=O)n1[C@H]1CCc2ccccc21. The van der Waals surface area contributed by atoms with Crippen LogP contribution in [0.15, 0.2) is 67.6 Å². The van der Waals surface area contributed by atoms with E-state index >= 15 is 0 Å². The van der Waals surface area contributed by atoms with Crippen LogP contribution in [0.4, 0.5) is 0 Å². The molecule has 0 saturated carbocycles. The molecule has 1 atom stereocenters. The Kier molecular flexibility index (Phi) is 6.03. The van der Waals surface area contributed by atoms with Crippen molar-refractivity contribution >= 4 is 25.8 Å². The Labute approximate surface area is 189 Å². The molecule has 6 nitrogen and oxygen atoms in total. The average molecular weight is 503 g/mol. The van der Waals surface area contributed by atoms with Crippen molar-refractivity contribution in [3.8, 4) is 5.88 Å². The zero-order chi connectivity index (χ0) is 22.2. The number of nitrogens with zero attached hydrogens (tertiary/aromatic N) is 2. The van der Waals surface area contributed by atoms with E-state index in [0.29, 0.717) is 23.1 Å². The summed E-state index contributed by atoms with van der Waals surface area (Å²) < 4.78 is 28.8. The molecule has 0 fully saturated rings. The first-order chi connectivity index (χ1) is 14.8. The molecular formula is C23H23BrN2O4S. The maximum Gasteiger partial charge on any atom is 0.277 e. The standard InChI is InChI=1S/C23H23BrN2O4S/c1-2-3-8-20-25-22(27)21(31(29,30)17-12-10-16(24)11-13-17)23(28)26(20)19-14-9-15-6-4-5-7-18(15)19/h4-7,10-13,19,27H,2-3,8-9,14H2,1H3/t19-/m0/s1. The fourth-order valence-electron chi connectivity index (χ4n) is 4.15. The average Bonchev–Trinajstić information content (AvgIpc) is 3.16. The third kappa shape index (κ3) is 3.94. The molecule has 2 aromatic carbocycles. The van der Waals surface area contributed by atoms with Crippen LogP contribution in [0.5, 0.6) is 5.88 Å². The van der Waals surface area contributed by atoms with Gasteiger partial charge in [-0.15, -0.1) is 0 Å². The number of hydrogen-bond donors (Lipinski definition) is 1. The van der Waals surface area contributed by atoms with Crippen LogP contribution >= 0.6 is 15.9 Å². The van der Waals surface area contributed by atoms with Gasteiger partial charge in [0.05, 0.1) is 10.9 Å². The number of halogens is 1. The monoisotopic (exact) mass is 502 g/mol. The lowest BCUT2D eigenvalue weighted by molar-refractivity contribution is 0.408. The number of benzene rings is 2. The molecule has 1 aliphatic carbocycles. The Morgan fingerprint density at radius 3 is 2.58 bits per heavy atom. The van der Waals surface area contributed by atoms with Gasteiger partial charge < -0.3 is 5.11 Å². The number of fused-ring (bicyclic) bond motifs is 1. The Morgan fingerprint density at radius 2 is 1.87 bits per heavy atom. The van der Waals surface area contributed by atoms with E-state index in [9.17, 15) is 18.3 Å². The van der Waals surface area contributed by atoms with Gasteiger partial charge in [-0.1, -0.05) is 53.5 Å². The number of rotatable bonds is 6. The zero-order valence-corrected chi connectivity index (χ0v) is 19.5. The van der Waals surface area contributed by atoms with Crippen molar-refractivity contribution in [2.24, 2.45) is 0 Å². The lowest BCUT2D eigenvalue weighted by atomic mass is 10.1. The normalized spacial score (nSPS) is 15.7. The van der Waals surface area contributed by atoms with Crippen LogP contribution in [0.2, 0.25) is 0 Å². The molecule has 0 aliphatic heterocycles. The van der Waals surface area contributed by atoms with Gasteiger partial charge in [0.25, 0.3) is 5.56 Å². The van der Waals surface area contributed by atoms with Gasteiger partial charge >= 0.3 is 0 Å². The molecular weight excluding hydrogens is 480 g/mol. The van der Waals surface area contributed by atoms with Gasteiger partial charge in [-0.3, -0.25) is 9.36 Å². The van der Waals surface area contributed by atoms with Crippen LogP contribution in [0.3, 0.4) is 0 Å². The second-order valence-electron chi connectivity index (χ2n) is 7.67. The highest BCUT2D eigenvalue weighted by molar-refractivity contribution is 9.10. The van der Waals surface area contributed by atoms with Crippen molar-refractivity contribution in [3.05, 3.63) is 80.3 Å². The molecule has 0 bridgehead atoms. The van der Waals surface area contributed by atoms with Crippen LogP contribution in [0.25, 0.3) is 0 Å². The Bertz CT molecular complexity index is 1280. The van der Waals surface area contributed by atoms with E-state index in [0.717, 1.165) is 30.4 Å². The second kappa shape index (κ2) is 8.59. The summed E-state index contributed by atoms with van der Waals surface area (Å²) in [6.45, 7) is 2.03. The molecule has 0 unspecified atom stereocenters. The summed E-state index contributed by atoms with van der Waals surface area (Å²) in [5.74, 6) is -0.317. The van der Waals surface area contributed by atoms with Gasteiger partial charge in [-0.25, -0.2) is 8.42 Å². The number of hydrogen-bond acceptors (Lipinski definition) is 5. The Hall–Kier alpha value is -2.45. The number of unbranched alkanes of at least 4 members (excludes halogenated alkanes) is 1. The van der Waals surface area contributed by atoms with Crippen LogP contribution in [0.1, 0.15) is 49.2 Å². The molecule has 0 amide bonds. The molecule has 1 aromatic heterocycles. The fraction of sp³-hybridized carbons (Fsp3) is 0.304. The quantitative estimate of drug-likeness (QED) is 0.538. The molecule has 1 N–H and O–H groups in total. The molecule has 1 aliphatic rings. The van der Waals surface area contributed by atoms with Crippen LogP contribution in [-0.2, 0) is 22.7 Å². The molecule has 1 heterocycles. The molecule has 0 radical (unpaired) electrons. The predicted octanol–water partition coefficient (Wildman–Crippen LogP) is 4.42. The summed E-state index contributed by atoms with van der Waals surface area (Å²) in [6, 6.07) is 13.5. The van der Waals surface area contributed by atoms with Crippen LogP contribution < -0.4 is 5.56 Å². The van der Waals surface area contributed by atoms with E-state index in [1.807, 2.05) is 31.2 Å². The van der Waals surface area contributed by atoms with Crippen molar-refractivity contribution in [2.75, 3.05) is 0 Å². The predicted molar refractivity (Wildman–Crippen MR) is 121 cm³/mol. The van der Waals surface area contributed by atoms with E-state index < -0.39 is 26.2 Å². The smallest absolute Gasteiger partial charge is 0.277 e. The summed E-state index contributed by atoms with van der Waals surface area (Å²) in [6.07, 6.45) is 3.63. The maximum absolute atomic E-state index is 13.6. The van der Waals surface area contributed by atoms with E-state index in [1.165, 1.54) is 16.7 Å². The van der Waals surface area contributed by atoms with E-state index in [1.54, 1.807) is 12.1 Å². The van der Waals surface area contributed by atoms with Gasteiger partial charge in [0.1, 0.15) is 5.82 Å². The Balaban J connectivity index is 1.94. The minimum Gasteiger partial charge on any atom is -0.492 e. The molecule has 8 heteroatoms. The van der Waals surface area contributed by atoms with Gasteiger partial charge in [0.2, 0.25) is 15.7 Å². The molecule has 4 rings (SSSR count). The van der Waals surface area contributed by atoms with Gasteiger partial charge in [-0.2, -0.15) is 4.98 Å². The summed E-state index contributed by atoms with van der Waals surface area (Å²) in [5, 5.41) is 10.6. The summed E-state index contributed by atoms with van der Waals surface area (Å²) in [4.78, 5) is 17.1. The maximum atomic E-state index is 13.6. The highest BCUT2D eigenvalue weighted by Crippen LogP contribution is 2.35. The third-order valence-corrected chi connectivity index (χ3v) is 8.00. The minimum absolute atomic E-state index is 0.0652. The fourth-order valence-corrected chi connectivity index (χ4v) is 5.76. The van der Waals surface area contributed by atoms with E-state index in [-0.39, 0.29) is 10.9 Å². The third-order valence-electron chi connectivity index (χ3n) is 5.69. The number of aromatic hydroxyl groups is 1. The largest absolute Gasteiger partial charge is 0.492 e. The summed E-state index contributed by atoms with van der Waals surface area (Å²) in [7, 11) is -4.25. The molecule has 0 spiro atoms. The lowest BCUT2D eigenvalue weighted by Gasteiger charge is -2.21. The summed E-state index contributed by atoms with van der Waals surface area (Å²) in [5.41, 5.74) is 1.43. The van der Waals surface area contributed by atoms with Crippen LogP contribution in [-0.4, -0.2) is 23.1 Å². The second-order valence-corrected chi connectivity index (χ2v) is 10.5. The van der Waals surface area contributed by atoms with Gasteiger partial charge in [-0.05, 0) is 54.7 Å².